The lowest BCUT2D eigenvalue weighted by molar-refractivity contribution is -0.123. The summed E-state index contributed by atoms with van der Waals surface area (Å²) in [6, 6.07) is 9.98. The predicted octanol–water partition coefficient (Wildman–Crippen LogP) is 1.35. The lowest BCUT2D eigenvalue weighted by Gasteiger charge is -2.32. The van der Waals surface area contributed by atoms with Crippen LogP contribution in [0, 0.1) is 5.92 Å². The number of benzene rings is 1. The minimum absolute atomic E-state index is 0.0118. The number of carbonyl (C=O) groups excluding carboxylic acids is 1. The molecule has 0 radical (unpaired) electrons. The number of likely N-dealkylation sites (tertiary alicyclic amines) is 1. The first kappa shape index (κ1) is 18.1. The van der Waals surface area contributed by atoms with E-state index < -0.39 is 0 Å². The van der Waals surface area contributed by atoms with Gasteiger partial charge in [0, 0.05) is 19.6 Å². The van der Waals surface area contributed by atoms with Crippen molar-refractivity contribution < 1.29 is 4.79 Å². The van der Waals surface area contributed by atoms with Crippen LogP contribution in [0.15, 0.2) is 36.5 Å². The molecule has 2 unspecified atom stereocenters. The van der Waals surface area contributed by atoms with Crippen molar-refractivity contribution in [2.75, 3.05) is 26.2 Å². The molecule has 0 aliphatic carbocycles. The molecule has 1 amide bonds. The zero-order valence-corrected chi connectivity index (χ0v) is 15.7. The molecular formula is C20H28N6O. The van der Waals surface area contributed by atoms with Crippen LogP contribution in [0.4, 0.5) is 0 Å². The Morgan fingerprint density at radius 3 is 2.93 bits per heavy atom. The minimum Gasteiger partial charge on any atom is -0.354 e. The Bertz CT molecular complexity index is 740. The Morgan fingerprint density at radius 1 is 1.22 bits per heavy atom. The summed E-state index contributed by atoms with van der Waals surface area (Å²) in [7, 11) is 0. The number of nitrogens with one attached hydrogen (secondary N) is 2. The summed E-state index contributed by atoms with van der Waals surface area (Å²) >= 11 is 0. The first-order chi connectivity index (χ1) is 13.3. The van der Waals surface area contributed by atoms with E-state index in [9.17, 15) is 4.79 Å². The van der Waals surface area contributed by atoms with Gasteiger partial charge in [-0.1, -0.05) is 18.2 Å². The van der Waals surface area contributed by atoms with Crippen LogP contribution < -0.4 is 10.6 Å². The van der Waals surface area contributed by atoms with E-state index in [0.717, 1.165) is 63.4 Å². The third-order valence-corrected chi connectivity index (χ3v) is 5.46. The summed E-state index contributed by atoms with van der Waals surface area (Å²) < 4.78 is 0. The van der Waals surface area contributed by atoms with E-state index in [1.54, 1.807) is 4.80 Å². The highest BCUT2D eigenvalue weighted by molar-refractivity contribution is 5.81. The topological polar surface area (TPSA) is 75.1 Å². The lowest BCUT2D eigenvalue weighted by atomic mass is 9.97. The number of amides is 1. The SMILES string of the molecule is O=C(NCC1CCCN(Cc2cnn(-c3ccccc3)n2)C1)C1CCCN1. The smallest absolute Gasteiger partial charge is 0.237 e. The summed E-state index contributed by atoms with van der Waals surface area (Å²) in [6.45, 7) is 4.61. The van der Waals surface area contributed by atoms with Gasteiger partial charge in [0.1, 0.15) is 0 Å². The van der Waals surface area contributed by atoms with Crippen molar-refractivity contribution in [3.63, 3.8) is 0 Å². The molecule has 0 bridgehead atoms. The van der Waals surface area contributed by atoms with Crippen LogP contribution in [-0.4, -0.2) is 58.0 Å². The van der Waals surface area contributed by atoms with Crippen LogP contribution in [0.5, 0.6) is 0 Å². The molecule has 2 fully saturated rings. The van der Waals surface area contributed by atoms with Crippen molar-refractivity contribution in [3.05, 3.63) is 42.2 Å². The van der Waals surface area contributed by atoms with Crippen molar-refractivity contribution in [2.24, 2.45) is 5.92 Å². The summed E-state index contributed by atoms with van der Waals surface area (Å²) in [5.74, 6) is 0.670. The van der Waals surface area contributed by atoms with Gasteiger partial charge in [-0.05, 0) is 56.8 Å². The van der Waals surface area contributed by atoms with Crippen molar-refractivity contribution in [1.29, 1.82) is 0 Å². The number of hydrogen-bond donors (Lipinski definition) is 2. The molecule has 0 saturated carbocycles. The van der Waals surface area contributed by atoms with E-state index in [0.29, 0.717) is 5.92 Å². The Balaban J connectivity index is 1.27. The monoisotopic (exact) mass is 368 g/mol. The molecule has 2 N–H and O–H groups in total. The number of carbonyl (C=O) groups is 1. The van der Waals surface area contributed by atoms with Crippen molar-refractivity contribution in [2.45, 2.75) is 38.3 Å². The highest BCUT2D eigenvalue weighted by atomic mass is 16.2. The largest absolute Gasteiger partial charge is 0.354 e. The van der Waals surface area contributed by atoms with Crippen molar-refractivity contribution >= 4 is 5.91 Å². The number of para-hydroxylation sites is 1. The van der Waals surface area contributed by atoms with Gasteiger partial charge >= 0.3 is 0 Å². The number of aromatic nitrogens is 3. The van der Waals surface area contributed by atoms with Gasteiger partial charge in [-0.15, -0.1) is 0 Å². The lowest BCUT2D eigenvalue weighted by Crippen LogP contribution is -2.45. The van der Waals surface area contributed by atoms with E-state index >= 15 is 0 Å². The number of rotatable bonds is 6. The molecule has 2 aliphatic rings. The van der Waals surface area contributed by atoms with Gasteiger partial charge in [-0.25, -0.2) is 0 Å². The summed E-state index contributed by atoms with van der Waals surface area (Å²) in [5.41, 5.74) is 1.96. The summed E-state index contributed by atoms with van der Waals surface area (Å²) in [5, 5.41) is 15.4. The van der Waals surface area contributed by atoms with E-state index in [-0.39, 0.29) is 11.9 Å². The van der Waals surface area contributed by atoms with Gasteiger partial charge in [0.25, 0.3) is 0 Å². The van der Waals surface area contributed by atoms with Crippen LogP contribution in [0.2, 0.25) is 0 Å². The molecule has 2 aliphatic heterocycles. The average molecular weight is 368 g/mol. The maximum absolute atomic E-state index is 12.2. The van der Waals surface area contributed by atoms with Gasteiger partial charge in [0.2, 0.25) is 5.91 Å². The Morgan fingerprint density at radius 2 is 2.11 bits per heavy atom. The van der Waals surface area contributed by atoms with Crippen LogP contribution in [-0.2, 0) is 11.3 Å². The van der Waals surface area contributed by atoms with Crippen LogP contribution >= 0.6 is 0 Å². The first-order valence-corrected chi connectivity index (χ1v) is 9.98. The average Bonchev–Trinajstić information content (AvgIpc) is 3.39. The molecule has 27 heavy (non-hydrogen) atoms. The quantitative estimate of drug-likeness (QED) is 0.805. The zero-order chi connectivity index (χ0) is 18.5. The fourth-order valence-corrected chi connectivity index (χ4v) is 4.02. The van der Waals surface area contributed by atoms with Crippen LogP contribution in [0.3, 0.4) is 0 Å². The highest BCUT2D eigenvalue weighted by Gasteiger charge is 2.25. The maximum atomic E-state index is 12.2. The molecule has 1 aromatic heterocycles. The van der Waals surface area contributed by atoms with E-state index in [1.807, 2.05) is 36.5 Å². The third-order valence-electron chi connectivity index (χ3n) is 5.46. The molecule has 4 rings (SSSR count). The molecule has 7 heteroatoms. The number of nitrogens with zero attached hydrogens (tertiary/aromatic N) is 4. The van der Waals surface area contributed by atoms with Crippen molar-refractivity contribution in [1.82, 2.24) is 30.5 Å². The summed E-state index contributed by atoms with van der Waals surface area (Å²) in [4.78, 5) is 16.3. The molecule has 2 atom stereocenters. The standard InChI is InChI=1S/C20H28N6O/c27-20(19-9-4-10-21-19)22-12-16-6-5-11-25(14-16)15-17-13-23-26(24-17)18-7-2-1-3-8-18/h1-3,7-8,13,16,19,21H,4-6,9-12,14-15H2,(H,22,27). The van der Waals surface area contributed by atoms with Crippen LogP contribution in [0.25, 0.3) is 5.69 Å². The van der Waals surface area contributed by atoms with Gasteiger partial charge in [0.15, 0.2) is 0 Å². The van der Waals surface area contributed by atoms with Crippen LogP contribution in [0.1, 0.15) is 31.4 Å². The molecule has 2 aromatic rings. The molecular weight excluding hydrogens is 340 g/mol. The zero-order valence-electron chi connectivity index (χ0n) is 15.7. The van der Waals surface area contributed by atoms with E-state index in [2.05, 4.69) is 25.7 Å². The minimum atomic E-state index is 0.0118. The second-order valence-corrected chi connectivity index (χ2v) is 7.60. The second-order valence-electron chi connectivity index (χ2n) is 7.60. The first-order valence-electron chi connectivity index (χ1n) is 9.98. The third kappa shape index (κ3) is 4.73. The number of hydrogen-bond acceptors (Lipinski definition) is 5. The van der Waals surface area contributed by atoms with E-state index in [4.69, 9.17) is 0 Å². The molecule has 3 heterocycles. The van der Waals surface area contributed by atoms with Gasteiger partial charge < -0.3 is 10.6 Å². The molecule has 2 saturated heterocycles. The second kappa shape index (κ2) is 8.63. The Hall–Kier alpha value is -2.25. The van der Waals surface area contributed by atoms with Gasteiger partial charge in [-0.3, -0.25) is 9.69 Å². The van der Waals surface area contributed by atoms with Gasteiger partial charge in [-0.2, -0.15) is 15.0 Å². The number of piperidine rings is 1. The predicted molar refractivity (Wildman–Crippen MR) is 103 cm³/mol. The fraction of sp³-hybridized carbons (Fsp3) is 0.550. The fourth-order valence-electron chi connectivity index (χ4n) is 4.02. The molecule has 0 spiro atoms. The van der Waals surface area contributed by atoms with Crippen molar-refractivity contribution in [3.8, 4) is 5.69 Å². The molecule has 7 nitrogen and oxygen atoms in total. The maximum Gasteiger partial charge on any atom is 0.237 e. The Labute approximate surface area is 160 Å². The van der Waals surface area contributed by atoms with Gasteiger partial charge in [0.05, 0.1) is 23.6 Å². The summed E-state index contributed by atoms with van der Waals surface area (Å²) in [6.07, 6.45) is 6.24. The highest BCUT2D eigenvalue weighted by Crippen LogP contribution is 2.18. The Kier molecular flexibility index (Phi) is 5.79. The normalized spacial score (nSPS) is 23.4. The molecule has 144 valence electrons. The van der Waals surface area contributed by atoms with E-state index in [1.165, 1.54) is 6.42 Å². The molecule has 1 aromatic carbocycles.